The Morgan fingerprint density at radius 1 is 1.25 bits per heavy atom. The van der Waals surface area contributed by atoms with E-state index in [1.807, 2.05) is 29.9 Å². The third-order valence-corrected chi connectivity index (χ3v) is 4.91. The molecule has 1 fully saturated rings. The Balaban J connectivity index is 1.63. The van der Waals surface area contributed by atoms with Gasteiger partial charge in [-0.25, -0.2) is 0 Å². The number of carbonyl (C=O) groups is 2. The van der Waals surface area contributed by atoms with E-state index >= 15 is 0 Å². The van der Waals surface area contributed by atoms with Gasteiger partial charge >= 0.3 is 6.61 Å². The average Bonchev–Trinajstić information content (AvgIpc) is 3.10. The number of nitrogens with zero attached hydrogens (tertiary/aromatic N) is 2. The van der Waals surface area contributed by atoms with Crippen LogP contribution in [0.15, 0.2) is 42.6 Å². The summed E-state index contributed by atoms with van der Waals surface area (Å²) in [4.78, 5) is 26.9. The number of carbonyl (C=O) groups excluding carboxylic acids is 2. The van der Waals surface area contributed by atoms with Gasteiger partial charge in [-0.3, -0.25) is 9.59 Å². The number of hydrogen-bond acceptors (Lipinski definition) is 3. The lowest BCUT2D eigenvalue weighted by molar-refractivity contribution is -0.126. The van der Waals surface area contributed by atoms with E-state index in [0.717, 1.165) is 5.69 Å². The Bertz CT molecular complexity index is 838. The van der Waals surface area contributed by atoms with Crippen LogP contribution in [0.4, 0.5) is 8.78 Å². The molecule has 1 unspecified atom stereocenters. The second-order valence-corrected chi connectivity index (χ2v) is 6.79. The number of piperidine rings is 1. The van der Waals surface area contributed by atoms with E-state index in [4.69, 9.17) is 0 Å². The fraction of sp³-hybridized carbons (Fsp3) is 0.400. The highest BCUT2D eigenvalue weighted by Crippen LogP contribution is 2.25. The van der Waals surface area contributed by atoms with E-state index in [2.05, 4.69) is 10.1 Å². The third kappa shape index (κ3) is 4.68. The zero-order valence-electron chi connectivity index (χ0n) is 15.6. The Labute approximate surface area is 162 Å². The Hall–Kier alpha value is -2.90. The molecule has 150 valence electrons. The van der Waals surface area contributed by atoms with Gasteiger partial charge in [0.1, 0.15) is 5.75 Å². The van der Waals surface area contributed by atoms with Crippen molar-refractivity contribution in [3.8, 4) is 5.75 Å². The molecule has 2 aromatic rings. The summed E-state index contributed by atoms with van der Waals surface area (Å²) in [5, 5.41) is 2.91. The van der Waals surface area contributed by atoms with Crippen molar-refractivity contribution in [2.75, 3.05) is 13.1 Å². The summed E-state index contributed by atoms with van der Waals surface area (Å²) in [6, 6.07) is 9.76. The molecule has 0 aliphatic carbocycles. The molecule has 0 saturated carbocycles. The van der Waals surface area contributed by atoms with Crippen LogP contribution in [-0.2, 0) is 18.4 Å². The summed E-state index contributed by atoms with van der Waals surface area (Å²) in [7, 11) is 1.90. The van der Waals surface area contributed by atoms with Gasteiger partial charge in [0.25, 0.3) is 5.91 Å². The summed E-state index contributed by atoms with van der Waals surface area (Å²) >= 11 is 0. The largest absolute Gasteiger partial charge is 0.434 e. The predicted octanol–water partition coefficient (Wildman–Crippen LogP) is 2.80. The molecular weight excluding hydrogens is 368 g/mol. The molecule has 1 aliphatic heterocycles. The van der Waals surface area contributed by atoms with Crippen molar-refractivity contribution in [1.29, 1.82) is 0 Å². The van der Waals surface area contributed by atoms with Gasteiger partial charge in [-0.1, -0.05) is 12.1 Å². The fourth-order valence-corrected chi connectivity index (χ4v) is 3.39. The van der Waals surface area contributed by atoms with E-state index in [0.29, 0.717) is 25.9 Å². The quantitative estimate of drug-likeness (QED) is 0.824. The minimum Gasteiger partial charge on any atom is -0.434 e. The number of amides is 2. The predicted molar refractivity (Wildman–Crippen MR) is 99.0 cm³/mol. The normalized spacial score (nSPS) is 16.9. The van der Waals surface area contributed by atoms with Gasteiger partial charge in [0.15, 0.2) is 0 Å². The number of alkyl halides is 2. The van der Waals surface area contributed by atoms with Crippen LogP contribution in [0.3, 0.4) is 0 Å². The van der Waals surface area contributed by atoms with Crippen LogP contribution in [0, 0.1) is 5.92 Å². The first-order valence-corrected chi connectivity index (χ1v) is 9.16. The molecule has 28 heavy (non-hydrogen) atoms. The lowest BCUT2D eigenvalue weighted by Gasteiger charge is -2.32. The van der Waals surface area contributed by atoms with E-state index < -0.39 is 12.5 Å². The zero-order chi connectivity index (χ0) is 20.1. The molecule has 1 aromatic carbocycles. The summed E-state index contributed by atoms with van der Waals surface area (Å²) in [5.41, 5.74) is 1.06. The highest BCUT2D eigenvalue weighted by molar-refractivity contribution is 5.97. The van der Waals surface area contributed by atoms with Gasteiger partial charge in [0.2, 0.25) is 5.91 Å². The number of benzene rings is 1. The minimum atomic E-state index is -3.01. The Kier molecular flexibility index (Phi) is 6.28. The molecule has 2 amide bonds. The summed E-state index contributed by atoms with van der Waals surface area (Å²) in [5.74, 6) is -1.01. The molecule has 2 heterocycles. The molecule has 1 N–H and O–H groups in total. The molecular formula is C20H23F2N3O3. The number of aryl methyl sites for hydroxylation is 1. The second-order valence-electron chi connectivity index (χ2n) is 6.79. The molecule has 8 heteroatoms. The molecule has 3 rings (SSSR count). The smallest absolute Gasteiger partial charge is 0.387 e. The van der Waals surface area contributed by atoms with Crippen molar-refractivity contribution in [3.63, 3.8) is 0 Å². The van der Waals surface area contributed by atoms with Crippen LogP contribution in [0.1, 0.15) is 28.9 Å². The molecule has 0 spiro atoms. The van der Waals surface area contributed by atoms with Crippen LogP contribution in [-0.4, -0.2) is 41.0 Å². The maximum absolute atomic E-state index is 12.8. The Morgan fingerprint density at radius 3 is 2.75 bits per heavy atom. The number of ether oxygens (including phenoxy) is 1. The van der Waals surface area contributed by atoms with Crippen LogP contribution in [0.2, 0.25) is 0 Å². The van der Waals surface area contributed by atoms with Crippen molar-refractivity contribution in [3.05, 3.63) is 53.9 Å². The number of halogens is 2. The Morgan fingerprint density at radius 2 is 2.04 bits per heavy atom. The number of likely N-dealkylation sites (tertiary alicyclic amines) is 1. The van der Waals surface area contributed by atoms with Gasteiger partial charge in [0, 0.05) is 32.0 Å². The number of hydrogen-bond donors (Lipinski definition) is 1. The lowest BCUT2D eigenvalue weighted by Crippen LogP contribution is -2.45. The van der Waals surface area contributed by atoms with Crippen LogP contribution >= 0.6 is 0 Å². The molecule has 1 atom stereocenters. The van der Waals surface area contributed by atoms with Gasteiger partial charge < -0.3 is 19.5 Å². The van der Waals surface area contributed by atoms with Crippen molar-refractivity contribution in [2.45, 2.75) is 26.0 Å². The minimum absolute atomic E-state index is 0.0765. The molecule has 1 aromatic heterocycles. The van der Waals surface area contributed by atoms with E-state index in [1.165, 1.54) is 23.1 Å². The van der Waals surface area contributed by atoms with Gasteiger partial charge in [0.05, 0.1) is 18.0 Å². The molecule has 0 radical (unpaired) electrons. The first kappa shape index (κ1) is 19.9. The molecule has 0 bridgehead atoms. The van der Waals surface area contributed by atoms with E-state index in [-0.39, 0.29) is 29.7 Å². The monoisotopic (exact) mass is 391 g/mol. The van der Waals surface area contributed by atoms with Crippen molar-refractivity contribution in [1.82, 2.24) is 14.8 Å². The molecule has 6 nitrogen and oxygen atoms in total. The van der Waals surface area contributed by atoms with Crippen LogP contribution < -0.4 is 10.1 Å². The maximum Gasteiger partial charge on any atom is 0.387 e. The SMILES string of the molecule is Cn1cccc1CNC(=O)C1CCCN(C(=O)c2ccccc2OC(F)F)C1. The number of para-hydroxylation sites is 1. The number of aromatic nitrogens is 1. The van der Waals surface area contributed by atoms with Crippen LogP contribution in [0.25, 0.3) is 0 Å². The highest BCUT2D eigenvalue weighted by Gasteiger charge is 2.30. The highest BCUT2D eigenvalue weighted by atomic mass is 19.3. The first-order chi connectivity index (χ1) is 13.5. The lowest BCUT2D eigenvalue weighted by atomic mass is 9.96. The molecule has 1 saturated heterocycles. The second kappa shape index (κ2) is 8.86. The molecule has 1 aliphatic rings. The van der Waals surface area contributed by atoms with E-state index in [1.54, 1.807) is 6.07 Å². The summed E-state index contributed by atoms with van der Waals surface area (Å²) in [6.07, 6.45) is 3.26. The summed E-state index contributed by atoms with van der Waals surface area (Å²) < 4.78 is 31.6. The van der Waals surface area contributed by atoms with Crippen molar-refractivity contribution in [2.24, 2.45) is 13.0 Å². The summed E-state index contributed by atoms with van der Waals surface area (Å²) in [6.45, 7) is -1.87. The van der Waals surface area contributed by atoms with Gasteiger partial charge in [-0.05, 0) is 37.1 Å². The average molecular weight is 391 g/mol. The fourth-order valence-electron chi connectivity index (χ4n) is 3.39. The standard InChI is InChI=1S/C20H23F2N3O3/c1-24-10-5-7-15(24)12-23-18(26)14-6-4-11-25(13-14)19(27)16-8-2-3-9-17(16)28-20(21)22/h2-3,5,7-10,14,20H,4,6,11-13H2,1H3,(H,23,26). The maximum atomic E-state index is 12.8. The third-order valence-electron chi connectivity index (χ3n) is 4.91. The van der Waals surface area contributed by atoms with Crippen molar-refractivity contribution < 1.29 is 23.1 Å². The number of nitrogens with one attached hydrogen (secondary N) is 1. The van der Waals surface area contributed by atoms with Gasteiger partial charge in [-0.15, -0.1) is 0 Å². The van der Waals surface area contributed by atoms with Crippen LogP contribution in [0.5, 0.6) is 5.75 Å². The van der Waals surface area contributed by atoms with Crippen molar-refractivity contribution >= 4 is 11.8 Å². The topological polar surface area (TPSA) is 63.6 Å². The van der Waals surface area contributed by atoms with E-state index in [9.17, 15) is 18.4 Å². The first-order valence-electron chi connectivity index (χ1n) is 9.16. The number of rotatable bonds is 6. The zero-order valence-corrected chi connectivity index (χ0v) is 15.6. The van der Waals surface area contributed by atoms with Gasteiger partial charge in [-0.2, -0.15) is 8.78 Å².